The second-order valence-corrected chi connectivity index (χ2v) is 0. The molecule has 0 spiro atoms. The average Bonchev–Trinajstić information content (AvgIpc) is 0. The Morgan fingerprint density at radius 1 is 1.00 bits per heavy atom. The molecule has 8 radical (unpaired) electrons. The number of rotatable bonds is 0. The van der Waals surface area contributed by atoms with Crippen LogP contribution in [-0.4, -0.2) is 28.3 Å². The molecule has 0 atom stereocenters. The topological polar surface area (TPSA) is 0 Å². The van der Waals surface area contributed by atoms with Crippen LogP contribution < -0.4 is 0 Å². The van der Waals surface area contributed by atoms with E-state index in [0.29, 0.717) is 0 Å². The molecule has 0 heterocycles. The van der Waals surface area contributed by atoms with E-state index in [1.807, 2.05) is 0 Å². The third kappa shape index (κ3) is 9.21. The zero-order valence-electron chi connectivity index (χ0n) is 1.81. The van der Waals surface area contributed by atoms with Crippen molar-refractivity contribution in [2.75, 3.05) is 0 Å². The summed E-state index contributed by atoms with van der Waals surface area (Å²) in [6.07, 6.45) is 0. The molecule has 22 valence electrons. The van der Waals surface area contributed by atoms with E-state index < -0.39 is 0 Å². The van der Waals surface area contributed by atoms with Crippen molar-refractivity contribution in [3.05, 3.63) is 0 Å². The quantitative estimate of drug-likeness (QED) is 0.414. The molecule has 0 N–H and O–H groups in total. The standard InChI is InChI=1S/Al.Fe.Mn.Si. The van der Waals surface area contributed by atoms with Gasteiger partial charge in [0.15, 0.2) is 0 Å². The van der Waals surface area contributed by atoms with Gasteiger partial charge < -0.3 is 0 Å². The van der Waals surface area contributed by atoms with Crippen molar-refractivity contribution in [3.8, 4) is 0 Å². The molecular formula is AlFeMnSi. The number of hydrogen-bond donors (Lipinski definition) is 0. The Labute approximate surface area is 62.2 Å². The van der Waals surface area contributed by atoms with Gasteiger partial charge in [0.2, 0.25) is 0 Å². The van der Waals surface area contributed by atoms with Crippen LogP contribution in [0.1, 0.15) is 0 Å². The Balaban J connectivity index is 0. The van der Waals surface area contributed by atoms with Gasteiger partial charge in [-0.2, -0.15) is 0 Å². The molecular weight excluding hydrogens is 166 g/mol. The first kappa shape index (κ1) is 41.5. The summed E-state index contributed by atoms with van der Waals surface area (Å²) in [6, 6.07) is 0. The summed E-state index contributed by atoms with van der Waals surface area (Å²) in [5, 5.41) is 0. The predicted octanol–water partition coefficient (Wildman–Crippen LogP) is -0.767. The molecule has 4 heteroatoms. The molecule has 0 amide bonds. The van der Waals surface area contributed by atoms with Crippen LogP contribution in [0, 0.1) is 0 Å². The molecule has 0 nitrogen and oxygen atoms in total. The van der Waals surface area contributed by atoms with Crippen molar-refractivity contribution < 1.29 is 34.1 Å². The van der Waals surface area contributed by atoms with E-state index in [0.717, 1.165) is 0 Å². The molecule has 0 aromatic rings. The van der Waals surface area contributed by atoms with Crippen LogP contribution in [0.2, 0.25) is 0 Å². The smallest absolute Gasteiger partial charge is 0 e. The summed E-state index contributed by atoms with van der Waals surface area (Å²) in [6.45, 7) is 0. The van der Waals surface area contributed by atoms with Gasteiger partial charge in [0.05, 0.1) is 0 Å². The predicted molar refractivity (Wildman–Crippen MR) is 11.5 cm³/mol. The number of hydrogen-bond acceptors (Lipinski definition) is 0. The third-order valence-electron chi connectivity index (χ3n) is 0. The molecule has 4 heavy (non-hydrogen) atoms. The van der Waals surface area contributed by atoms with Crippen LogP contribution in [0.3, 0.4) is 0 Å². The van der Waals surface area contributed by atoms with Crippen molar-refractivity contribution >= 4 is 28.3 Å². The Kier molecular flexibility index (Phi) is 223. The van der Waals surface area contributed by atoms with Crippen LogP contribution in [0.25, 0.3) is 0 Å². The summed E-state index contributed by atoms with van der Waals surface area (Å²) in [7, 11) is 0. The largest absolute Gasteiger partial charge is 0 e. The first-order valence-corrected chi connectivity index (χ1v) is 0. The fraction of sp³-hybridized carbons (Fsp3) is 0. The first-order valence-electron chi connectivity index (χ1n) is 0. The van der Waals surface area contributed by atoms with Crippen LogP contribution >= 0.6 is 0 Å². The van der Waals surface area contributed by atoms with Crippen LogP contribution in [-0.2, 0) is 34.1 Å². The molecule has 0 aromatic heterocycles. The van der Waals surface area contributed by atoms with Gasteiger partial charge in [-0.15, -0.1) is 0 Å². The molecule has 0 aliphatic carbocycles. The van der Waals surface area contributed by atoms with E-state index >= 15 is 0 Å². The van der Waals surface area contributed by atoms with Gasteiger partial charge in [0.1, 0.15) is 0 Å². The van der Waals surface area contributed by atoms with Crippen molar-refractivity contribution in [1.82, 2.24) is 0 Å². The second-order valence-electron chi connectivity index (χ2n) is 0. The molecule has 0 aliphatic heterocycles. The van der Waals surface area contributed by atoms with E-state index in [-0.39, 0.29) is 62.5 Å². The van der Waals surface area contributed by atoms with Crippen molar-refractivity contribution in [2.45, 2.75) is 0 Å². The first-order chi connectivity index (χ1) is 0. The van der Waals surface area contributed by atoms with Crippen molar-refractivity contribution in [3.63, 3.8) is 0 Å². The van der Waals surface area contributed by atoms with Gasteiger partial charge in [-0.25, -0.2) is 0 Å². The Bertz CT molecular complexity index is 8.00. The molecule has 0 unspecified atom stereocenters. The average molecular weight is 166 g/mol. The summed E-state index contributed by atoms with van der Waals surface area (Å²) < 4.78 is 0. The summed E-state index contributed by atoms with van der Waals surface area (Å²) >= 11 is 0. The molecule has 0 rings (SSSR count). The van der Waals surface area contributed by atoms with Crippen molar-refractivity contribution in [2.24, 2.45) is 0 Å². The minimum absolute atomic E-state index is 0. The van der Waals surface area contributed by atoms with E-state index in [2.05, 4.69) is 0 Å². The van der Waals surface area contributed by atoms with E-state index in [9.17, 15) is 0 Å². The molecule has 0 fully saturated rings. The van der Waals surface area contributed by atoms with Gasteiger partial charge in [0.25, 0.3) is 0 Å². The maximum Gasteiger partial charge on any atom is 0 e. The second kappa shape index (κ2) is 21.5. The summed E-state index contributed by atoms with van der Waals surface area (Å²) in [5.41, 5.74) is 0. The minimum atomic E-state index is 0. The Hall–Kier alpha value is 1.79. The zero-order chi connectivity index (χ0) is 0. The van der Waals surface area contributed by atoms with Gasteiger partial charge >= 0.3 is 0 Å². The molecule has 0 bridgehead atoms. The normalized spacial score (nSPS) is 0. The SMILES string of the molecule is [Al].[Fe].[Mn].[Si]. The molecule has 0 aliphatic rings. The van der Waals surface area contributed by atoms with E-state index in [4.69, 9.17) is 0 Å². The summed E-state index contributed by atoms with van der Waals surface area (Å²) in [4.78, 5) is 0. The summed E-state index contributed by atoms with van der Waals surface area (Å²) in [5.74, 6) is 0. The van der Waals surface area contributed by atoms with E-state index in [1.54, 1.807) is 0 Å². The maximum absolute atomic E-state index is 0. The monoisotopic (exact) mass is 166 g/mol. The molecule has 0 saturated heterocycles. The Morgan fingerprint density at radius 3 is 1.00 bits per heavy atom. The van der Waals surface area contributed by atoms with E-state index in [1.165, 1.54) is 0 Å². The fourth-order valence-electron chi connectivity index (χ4n) is 0. The van der Waals surface area contributed by atoms with Gasteiger partial charge in [-0.05, 0) is 0 Å². The maximum atomic E-state index is 0. The van der Waals surface area contributed by atoms with Crippen LogP contribution in [0.4, 0.5) is 0 Å². The molecule has 0 aromatic carbocycles. The fourth-order valence-corrected chi connectivity index (χ4v) is 0. The van der Waals surface area contributed by atoms with Gasteiger partial charge in [0, 0.05) is 62.5 Å². The molecule has 0 saturated carbocycles. The van der Waals surface area contributed by atoms with Gasteiger partial charge in [-0.3, -0.25) is 0 Å². The minimum Gasteiger partial charge on any atom is 0 e. The van der Waals surface area contributed by atoms with Crippen LogP contribution in [0.5, 0.6) is 0 Å². The zero-order valence-corrected chi connectivity index (χ0v) is 6.25. The third-order valence-corrected chi connectivity index (χ3v) is 0. The van der Waals surface area contributed by atoms with Crippen LogP contribution in [0.15, 0.2) is 0 Å². The van der Waals surface area contributed by atoms with Crippen molar-refractivity contribution in [1.29, 1.82) is 0 Å². The van der Waals surface area contributed by atoms with Gasteiger partial charge in [-0.1, -0.05) is 0 Å². The Morgan fingerprint density at radius 2 is 1.00 bits per heavy atom.